The van der Waals surface area contributed by atoms with Crippen LogP contribution in [0.4, 0.5) is 0 Å². The molecule has 1 aromatic rings. The van der Waals surface area contributed by atoms with E-state index >= 15 is 0 Å². The first-order valence-electron chi connectivity index (χ1n) is 5.76. The van der Waals surface area contributed by atoms with E-state index < -0.39 is 10.0 Å². The molecule has 0 spiro atoms. The monoisotopic (exact) mass is 291 g/mol. The number of hydrogen-bond acceptors (Lipinski definition) is 3. The number of methoxy groups -OCH3 is 1. The lowest BCUT2D eigenvalue weighted by atomic mass is 10.2. The van der Waals surface area contributed by atoms with Gasteiger partial charge in [-0.1, -0.05) is 24.9 Å². The van der Waals surface area contributed by atoms with Crippen LogP contribution < -0.4 is 9.46 Å². The summed E-state index contributed by atoms with van der Waals surface area (Å²) >= 11 is 5.83. The van der Waals surface area contributed by atoms with Crippen LogP contribution in [-0.2, 0) is 10.0 Å². The van der Waals surface area contributed by atoms with Crippen molar-refractivity contribution in [2.45, 2.75) is 37.6 Å². The van der Waals surface area contributed by atoms with Gasteiger partial charge >= 0.3 is 0 Å². The fourth-order valence-corrected chi connectivity index (χ4v) is 3.39. The molecular weight excluding hydrogens is 274 g/mol. The van der Waals surface area contributed by atoms with E-state index in [0.29, 0.717) is 5.02 Å². The maximum Gasteiger partial charge on any atom is 0.244 e. The molecule has 102 valence electrons. The molecule has 4 nitrogen and oxygen atoms in total. The average molecular weight is 292 g/mol. The number of hydrogen-bond donors (Lipinski definition) is 1. The Bertz CT molecular complexity index is 502. The minimum absolute atomic E-state index is 0.0699. The Morgan fingerprint density at radius 1 is 1.44 bits per heavy atom. The van der Waals surface area contributed by atoms with Gasteiger partial charge in [0.15, 0.2) is 0 Å². The first-order valence-corrected chi connectivity index (χ1v) is 7.62. The predicted octanol–water partition coefficient (Wildman–Crippen LogP) is 2.82. The van der Waals surface area contributed by atoms with Gasteiger partial charge in [0.25, 0.3) is 0 Å². The smallest absolute Gasteiger partial charge is 0.244 e. The fraction of sp³-hybridized carbons (Fsp3) is 0.500. The van der Waals surface area contributed by atoms with Gasteiger partial charge in [-0.05, 0) is 31.5 Å². The second kappa shape index (κ2) is 6.41. The van der Waals surface area contributed by atoms with Crippen LogP contribution in [0.1, 0.15) is 26.7 Å². The van der Waals surface area contributed by atoms with Crippen LogP contribution in [0.5, 0.6) is 5.75 Å². The van der Waals surface area contributed by atoms with E-state index in [0.717, 1.165) is 12.8 Å². The molecule has 0 aliphatic heterocycles. The zero-order valence-electron chi connectivity index (χ0n) is 10.7. The largest absolute Gasteiger partial charge is 0.495 e. The van der Waals surface area contributed by atoms with E-state index in [-0.39, 0.29) is 16.7 Å². The summed E-state index contributed by atoms with van der Waals surface area (Å²) in [6.45, 7) is 3.84. The number of benzene rings is 1. The van der Waals surface area contributed by atoms with E-state index in [2.05, 4.69) is 4.72 Å². The summed E-state index contributed by atoms with van der Waals surface area (Å²) < 4.78 is 32.1. The zero-order valence-corrected chi connectivity index (χ0v) is 12.3. The van der Waals surface area contributed by atoms with Crippen LogP contribution >= 0.6 is 11.6 Å². The molecule has 0 saturated heterocycles. The van der Waals surface area contributed by atoms with Crippen molar-refractivity contribution in [1.29, 1.82) is 0 Å². The highest BCUT2D eigenvalue weighted by molar-refractivity contribution is 7.89. The van der Waals surface area contributed by atoms with Gasteiger partial charge in [0.2, 0.25) is 10.0 Å². The molecule has 0 fully saturated rings. The molecule has 0 bridgehead atoms. The van der Waals surface area contributed by atoms with E-state index in [1.807, 2.05) is 13.8 Å². The molecule has 1 N–H and O–H groups in total. The lowest BCUT2D eigenvalue weighted by Gasteiger charge is -2.15. The molecule has 0 aromatic heterocycles. The van der Waals surface area contributed by atoms with Gasteiger partial charge in [0.05, 0.1) is 7.11 Å². The zero-order chi connectivity index (χ0) is 13.8. The lowest BCUT2D eigenvalue weighted by Crippen LogP contribution is -2.32. The Balaban J connectivity index is 3.07. The van der Waals surface area contributed by atoms with E-state index in [9.17, 15) is 8.42 Å². The third-order valence-electron chi connectivity index (χ3n) is 2.49. The third kappa shape index (κ3) is 3.86. The SMILES string of the molecule is CCCC(C)NS(=O)(=O)c1cc(Cl)ccc1OC. The van der Waals surface area contributed by atoms with Gasteiger partial charge in [0, 0.05) is 11.1 Å². The molecule has 1 aromatic carbocycles. The molecule has 0 aliphatic carbocycles. The molecule has 1 unspecified atom stereocenters. The predicted molar refractivity (Wildman–Crippen MR) is 72.7 cm³/mol. The first-order chi connectivity index (χ1) is 8.40. The second-order valence-corrected chi connectivity index (χ2v) is 6.23. The quantitative estimate of drug-likeness (QED) is 0.877. The van der Waals surface area contributed by atoms with Gasteiger partial charge in [-0.2, -0.15) is 0 Å². The summed E-state index contributed by atoms with van der Waals surface area (Å²) in [6.07, 6.45) is 1.69. The Labute approximate surface area is 113 Å². The van der Waals surface area contributed by atoms with Crippen LogP contribution in [0.25, 0.3) is 0 Å². The standard InChI is InChI=1S/C12H18ClNO3S/c1-4-5-9(2)14-18(15,16)12-8-10(13)6-7-11(12)17-3/h6-9,14H,4-5H2,1-3H3. The van der Waals surface area contributed by atoms with Crippen LogP contribution in [0, 0.1) is 0 Å². The maximum atomic E-state index is 12.2. The summed E-state index contributed by atoms with van der Waals surface area (Å²) in [4.78, 5) is 0.0699. The minimum Gasteiger partial charge on any atom is -0.495 e. The number of ether oxygens (including phenoxy) is 1. The van der Waals surface area contributed by atoms with Gasteiger partial charge in [-0.15, -0.1) is 0 Å². The van der Waals surface area contributed by atoms with Crippen molar-refractivity contribution in [3.05, 3.63) is 23.2 Å². The number of sulfonamides is 1. The van der Waals surface area contributed by atoms with E-state index in [4.69, 9.17) is 16.3 Å². The molecule has 0 aliphatic rings. The number of halogens is 1. The second-order valence-electron chi connectivity index (χ2n) is 4.11. The Kier molecular flexibility index (Phi) is 5.44. The minimum atomic E-state index is -3.61. The van der Waals surface area contributed by atoms with E-state index in [1.54, 1.807) is 12.1 Å². The van der Waals surface area contributed by atoms with Crippen LogP contribution in [0.2, 0.25) is 5.02 Å². The average Bonchev–Trinajstić information content (AvgIpc) is 2.28. The lowest BCUT2D eigenvalue weighted by molar-refractivity contribution is 0.402. The molecule has 0 heterocycles. The summed E-state index contributed by atoms with van der Waals surface area (Å²) in [5.41, 5.74) is 0. The van der Waals surface area contributed by atoms with Crippen molar-refractivity contribution in [2.24, 2.45) is 0 Å². The summed E-state index contributed by atoms with van der Waals surface area (Å²) in [5.74, 6) is 0.288. The molecule has 0 saturated carbocycles. The number of nitrogens with one attached hydrogen (secondary N) is 1. The first kappa shape index (κ1) is 15.3. The van der Waals surface area contributed by atoms with Gasteiger partial charge in [0.1, 0.15) is 10.6 Å². The third-order valence-corrected chi connectivity index (χ3v) is 4.34. The highest BCUT2D eigenvalue weighted by Gasteiger charge is 2.21. The molecular formula is C12H18ClNO3S. The Hall–Kier alpha value is -0.780. The normalized spacial score (nSPS) is 13.3. The summed E-state index contributed by atoms with van der Waals surface area (Å²) in [7, 11) is -2.18. The van der Waals surface area contributed by atoms with Crippen molar-refractivity contribution in [2.75, 3.05) is 7.11 Å². The van der Waals surface area contributed by atoms with Crippen molar-refractivity contribution < 1.29 is 13.2 Å². The molecule has 6 heteroatoms. The molecule has 0 amide bonds. The van der Waals surface area contributed by atoms with Gasteiger partial charge in [-0.3, -0.25) is 0 Å². The fourth-order valence-electron chi connectivity index (χ4n) is 1.68. The van der Waals surface area contributed by atoms with Gasteiger partial charge in [-0.25, -0.2) is 13.1 Å². The Morgan fingerprint density at radius 3 is 2.67 bits per heavy atom. The molecule has 18 heavy (non-hydrogen) atoms. The highest BCUT2D eigenvalue weighted by Crippen LogP contribution is 2.27. The van der Waals surface area contributed by atoms with Crippen molar-refractivity contribution in [3.63, 3.8) is 0 Å². The van der Waals surface area contributed by atoms with E-state index in [1.165, 1.54) is 13.2 Å². The molecule has 1 atom stereocenters. The topological polar surface area (TPSA) is 55.4 Å². The van der Waals surface area contributed by atoms with Crippen LogP contribution in [-0.4, -0.2) is 21.6 Å². The van der Waals surface area contributed by atoms with Crippen molar-refractivity contribution >= 4 is 21.6 Å². The maximum absolute atomic E-state index is 12.2. The van der Waals surface area contributed by atoms with Crippen LogP contribution in [0.3, 0.4) is 0 Å². The van der Waals surface area contributed by atoms with Crippen LogP contribution in [0.15, 0.2) is 23.1 Å². The van der Waals surface area contributed by atoms with Gasteiger partial charge < -0.3 is 4.74 Å². The molecule has 0 radical (unpaired) electrons. The summed E-state index contributed by atoms with van der Waals surface area (Å²) in [6, 6.07) is 4.40. The highest BCUT2D eigenvalue weighted by atomic mass is 35.5. The molecule has 1 rings (SSSR count). The summed E-state index contributed by atoms with van der Waals surface area (Å²) in [5, 5.41) is 0.360. The Morgan fingerprint density at radius 2 is 2.11 bits per heavy atom. The van der Waals surface area contributed by atoms with Crippen molar-refractivity contribution in [3.8, 4) is 5.75 Å². The number of rotatable bonds is 6. The van der Waals surface area contributed by atoms with Crippen molar-refractivity contribution in [1.82, 2.24) is 4.72 Å².